The van der Waals surface area contributed by atoms with Gasteiger partial charge in [-0.05, 0) is 59.7 Å². The first-order valence-corrected chi connectivity index (χ1v) is 10.6. The molecule has 1 unspecified atom stereocenters. The van der Waals surface area contributed by atoms with Gasteiger partial charge in [-0.2, -0.15) is 0 Å². The number of benzene rings is 2. The molecule has 0 radical (unpaired) electrons. The largest absolute Gasteiger partial charge is 0.489 e. The van der Waals surface area contributed by atoms with Crippen LogP contribution in [0.4, 0.5) is 4.79 Å². The van der Waals surface area contributed by atoms with Crippen LogP contribution < -0.4 is 15.8 Å². The van der Waals surface area contributed by atoms with Gasteiger partial charge in [0.1, 0.15) is 11.9 Å². The van der Waals surface area contributed by atoms with E-state index >= 15 is 0 Å². The van der Waals surface area contributed by atoms with Crippen molar-refractivity contribution in [2.45, 2.75) is 25.4 Å². The van der Waals surface area contributed by atoms with E-state index in [0.717, 1.165) is 17.3 Å². The first-order valence-electron chi connectivity index (χ1n) is 9.04. The zero-order valence-corrected chi connectivity index (χ0v) is 18.0. The summed E-state index contributed by atoms with van der Waals surface area (Å²) in [5.41, 5.74) is 6.95. The molecule has 2 aromatic rings. The van der Waals surface area contributed by atoms with Crippen LogP contribution >= 0.6 is 35.0 Å². The third-order valence-electron chi connectivity index (χ3n) is 4.28. The molecule has 3 amide bonds. The highest BCUT2D eigenvalue weighted by Gasteiger charge is 2.25. The molecular weight excluding hydrogens is 447 g/mol. The van der Waals surface area contributed by atoms with Crippen LogP contribution in [0.25, 0.3) is 6.08 Å². The van der Waals surface area contributed by atoms with Gasteiger partial charge >= 0.3 is 0 Å². The Morgan fingerprint density at radius 3 is 2.50 bits per heavy atom. The van der Waals surface area contributed by atoms with E-state index in [1.807, 2.05) is 12.1 Å². The molecule has 156 valence electrons. The number of rotatable bonds is 8. The zero-order valence-electron chi connectivity index (χ0n) is 15.7. The molecule has 6 nitrogen and oxygen atoms in total. The summed E-state index contributed by atoms with van der Waals surface area (Å²) in [6.07, 6.45) is 2.42. The van der Waals surface area contributed by atoms with E-state index in [1.165, 1.54) is 0 Å². The molecule has 1 atom stereocenters. The van der Waals surface area contributed by atoms with Crippen LogP contribution in [0.1, 0.15) is 24.0 Å². The monoisotopic (exact) mass is 464 g/mol. The standard InChI is InChI=1S/C21H18Cl2N2O4S/c22-14-4-1-12(2-5-14)9-15(6-8-19(24)26)29-17-7-3-13(10-16(17)23)11-18-20(27)25-21(28)30-18/h1-5,7,10-11,15H,6,8-9H2,(H2,24,26)(H,25,27,28). The molecule has 1 fully saturated rings. The summed E-state index contributed by atoms with van der Waals surface area (Å²) in [5.74, 6) is -0.396. The Morgan fingerprint density at radius 2 is 1.90 bits per heavy atom. The van der Waals surface area contributed by atoms with E-state index in [0.29, 0.717) is 39.1 Å². The second kappa shape index (κ2) is 10.0. The number of hydrogen-bond donors (Lipinski definition) is 2. The minimum atomic E-state index is -0.434. The minimum absolute atomic E-state index is 0.181. The van der Waals surface area contributed by atoms with Gasteiger partial charge in [0.15, 0.2) is 0 Å². The second-order valence-corrected chi connectivity index (χ2v) is 8.48. The average molecular weight is 465 g/mol. The number of nitrogens with two attached hydrogens (primary N) is 1. The van der Waals surface area contributed by atoms with Crippen LogP contribution in [-0.4, -0.2) is 23.2 Å². The number of imide groups is 1. The van der Waals surface area contributed by atoms with E-state index < -0.39 is 17.1 Å². The summed E-state index contributed by atoms with van der Waals surface area (Å²) >= 11 is 13.1. The van der Waals surface area contributed by atoms with E-state index in [9.17, 15) is 14.4 Å². The summed E-state index contributed by atoms with van der Waals surface area (Å²) in [4.78, 5) is 34.5. The molecule has 0 spiro atoms. The van der Waals surface area contributed by atoms with Gasteiger partial charge in [0.05, 0.1) is 9.93 Å². The Hall–Kier alpha value is -2.48. The second-order valence-electron chi connectivity index (χ2n) is 6.62. The first-order chi connectivity index (χ1) is 14.3. The maximum absolute atomic E-state index is 11.7. The molecule has 0 saturated carbocycles. The maximum atomic E-state index is 11.7. The molecule has 1 aliphatic heterocycles. The third-order valence-corrected chi connectivity index (χ3v) is 5.64. The number of carbonyl (C=O) groups is 3. The van der Waals surface area contributed by atoms with Gasteiger partial charge in [0.2, 0.25) is 5.91 Å². The number of ether oxygens (including phenoxy) is 1. The van der Waals surface area contributed by atoms with Gasteiger partial charge in [-0.25, -0.2) is 0 Å². The summed E-state index contributed by atoms with van der Waals surface area (Å²) in [6, 6.07) is 12.4. The predicted octanol–water partition coefficient (Wildman–Crippen LogP) is 4.57. The fraction of sp³-hybridized carbons (Fsp3) is 0.190. The Labute approximate surface area is 187 Å². The van der Waals surface area contributed by atoms with Crippen molar-refractivity contribution in [2.75, 3.05) is 0 Å². The van der Waals surface area contributed by atoms with Crippen LogP contribution in [0.15, 0.2) is 47.4 Å². The van der Waals surface area contributed by atoms with Crippen molar-refractivity contribution in [1.29, 1.82) is 0 Å². The molecule has 9 heteroatoms. The lowest BCUT2D eigenvalue weighted by atomic mass is 10.0. The topological polar surface area (TPSA) is 98.5 Å². The van der Waals surface area contributed by atoms with Crippen molar-refractivity contribution in [1.82, 2.24) is 5.32 Å². The molecule has 3 N–H and O–H groups in total. The van der Waals surface area contributed by atoms with Crippen molar-refractivity contribution in [3.8, 4) is 5.75 Å². The van der Waals surface area contributed by atoms with Crippen molar-refractivity contribution < 1.29 is 19.1 Å². The van der Waals surface area contributed by atoms with Gasteiger partial charge in [-0.1, -0.05) is 41.4 Å². The molecule has 1 aliphatic rings. The van der Waals surface area contributed by atoms with Crippen LogP contribution in [0, 0.1) is 0 Å². The van der Waals surface area contributed by atoms with Crippen molar-refractivity contribution in [3.63, 3.8) is 0 Å². The van der Waals surface area contributed by atoms with Crippen molar-refractivity contribution in [2.24, 2.45) is 5.73 Å². The fourth-order valence-corrected chi connectivity index (χ4v) is 3.89. The van der Waals surface area contributed by atoms with Gasteiger partial charge in [-0.3, -0.25) is 19.7 Å². The lowest BCUT2D eigenvalue weighted by molar-refractivity contribution is -0.118. The summed E-state index contributed by atoms with van der Waals surface area (Å²) in [5, 5.41) is 2.78. The van der Waals surface area contributed by atoms with Gasteiger partial charge < -0.3 is 10.5 Å². The number of thioether (sulfide) groups is 1. The molecule has 2 aromatic carbocycles. The first kappa shape index (κ1) is 22.2. The summed E-state index contributed by atoms with van der Waals surface area (Å²) in [7, 11) is 0. The number of amides is 3. The summed E-state index contributed by atoms with van der Waals surface area (Å²) in [6.45, 7) is 0. The smallest absolute Gasteiger partial charge is 0.290 e. The SMILES string of the molecule is NC(=O)CCC(Cc1ccc(Cl)cc1)Oc1ccc(C=C2SC(=O)NC2=O)cc1Cl. The van der Waals surface area contributed by atoms with Crippen molar-refractivity contribution >= 4 is 58.1 Å². The number of nitrogens with one attached hydrogen (secondary N) is 1. The van der Waals surface area contributed by atoms with Crippen LogP contribution in [0.2, 0.25) is 10.0 Å². The molecular formula is C21H18Cl2N2O4S. The van der Waals surface area contributed by atoms with E-state index in [4.69, 9.17) is 33.7 Å². The lowest BCUT2D eigenvalue weighted by Gasteiger charge is -2.20. The van der Waals surface area contributed by atoms with Gasteiger partial charge in [-0.15, -0.1) is 0 Å². The maximum Gasteiger partial charge on any atom is 0.290 e. The Balaban J connectivity index is 1.75. The van der Waals surface area contributed by atoms with Crippen molar-refractivity contribution in [3.05, 3.63) is 68.5 Å². The number of carbonyl (C=O) groups excluding carboxylic acids is 3. The Morgan fingerprint density at radius 1 is 1.17 bits per heavy atom. The molecule has 1 heterocycles. The molecule has 30 heavy (non-hydrogen) atoms. The minimum Gasteiger partial charge on any atom is -0.489 e. The predicted molar refractivity (Wildman–Crippen MR) is 119 cm³/mol. The normalized spacial score (nSPS) is 15.9. The Kier molecular flexibility index (Phi) is 7.42. The molecule has 3 rings (SSSR count). The molecule has 1 saturated heterocycles. The third kappa shape index (κ3) is 6.26. The Bertz CT molecular complexity index is 1010. The molecule has 0 aromatic heterocycles. The highest BCUT2D eigenvalue weighted by Crippen LogP contribution is 2.31. The lowest BCUT2D eigenvalue weighted by Crippen LogP contribution is -2.23. The highest BCUT2D eigenvalue weighted by atomic mass is 35.5. The molecule has 0 aliphatic carbocycles. The number of halogens is 2. The van der Waals surface area contributed by atoms with Gasteiger partial charge in [0, 0.05) is 17.9 Å². The fourth-order valence-electron chi connectivity index (χ4n) is 2.84. The number of primary amides is 1. The summed E-state index contributed by atoms with van der Waals surface area (Å²) < 4.78 is 6.06. The zero-order chi connectivity index (χ0) is 21.7. The van der Waals surface area contributed by atoms with E-state index in [1.54, 1.807) is 36.4 Å². The van der Waals surface area contributed by atoms with Crippen LogP contribution in [0.5, 0.6) is 5.75 Å². The highest BCUT2D eigenvalue weighted by molar-refractivity contribution is 8.18. The van der Waals surface area contributed by atoms with Gasteiger partial charge in [0.25, 0.3) is 11.1 Å². The van der Waals surface area contributed by atoms with E-state index in [2.05, 4.69) is 5.32 Å². The number of hydrogen-bond acceptors (Lipinski definition) is 5. The quantitative estimate of drug-likeness (QED) is 0.557. The molecule has 0 bridgehead atoms. The van der Waals surface area contributed by atoms with E-state index in [-0.39, 0.29) is 12.5 Å². The van der Waals surface area contributed by atoms with Crippen LogP contribution in [0.3, 0.4) is 0 Å². The van der Waals surface area contributed by atoms with Crippen LogP contribution in [-0.2, 0) is 16.0 Å². The average Bonchev–Trinajstić information content (AvgIpc) is 3.00.